The number of ether oxygens (including phenoxy) is 1. The van der Waals surface area contributed by atoms with Crippen molar-refractivity contribution in [1.82, 2.24) is 0 Å². The van der Waals surface area contributed by atoms with Crippen LogP contribution in [0, 0.1) is 6.92 Å². The molecule has 0 aliphatic carbocycles. The number of thioether (sulfide) groups is 1. The predicted molar refractivity (Wildman–Crippen MR) is 72.1 cm³/mol. The zero-order chi connectivity index (χ0) is 12.7. The average Bonchev–Trinajstić information content (AvgIpc) is 2.35. The van der Waals surface area contributed by atoms with Crippen LogP contribution in [-0.4, -0.2) is 25.4 Å². The zero-order valence-corrected chi connectivity index (χ0v) is 11.1. The summed E-state index contributed by atoms with van der Waals surface area (Å²) in [6.45, 7) is 2.66. The van der Waals surface area contributed by atoms with Crippen molar-refractivity contribution in [2.45, 2.75) is 18.6 Å². The van der Waals surface area contributed by atoms with E-state index in [1.54, 1.807) is 11.8 Å². The Morgan fingerprint density at radius 3 is 2.76 bits per heavy atom. The molecular formula is C13H19NO2S. The first-order valence-electron chi connectivity index (χ1n) is 5.63. The van der Waals surface area contributed by atoms with Crippen molar-refractivity contribution in [3.63, 3.8) is 0 Å². The molecule has 94 valence electrons. The fraction of sp³-hybridized carbons (Fsp3) is 0.462. The molecule has 0 saturated heterocycles. The van der Waals surface area contributed by atoms with Gasteiger partial charge in [-0.05, 0) is 18.1 Å². The molecule has 1 aromatic carbocycles. The molecule has 1 rings (SSSR count). The second kappa shape index (κ2) is 7.35. The molecule has 1 atom stereocenters. The van der Waals surface area contributed by atoms with E-state index in [9.17, 15) is 4.79 Å². The van der Waals surface area contributed by atoms with Crippen LogP contribution in [0.2, 0.25) is 0 Å². The number of benzene rings is 1. The molecule has 0 spiro atoms. The Morgan fingerprint density at radius 1 is 1.47 bits per heavy atom. The smallest absolute Gasteiger partial charge is 0.306 e. The molecule has 0 bridgehead atoms. The van der Waals surface area contributed by atoms with Crippen molar-refractivity contribution in [2.75, 3.05) is 19.4 Å². The lowest BCUT2D eigenvalue weighted by atomic mass is 10.1. The monoisotopic (exact) mass is 253 g/mol. The van der Waals surface area contributed by atoms with Crippen molar-refractivity contribution in [1.29, 1.82) is 0 Å². The Morgan fingerprint density at radius 2 is 2.18 bits per heavy atom. The fourth-order valence-corrected chi connectivity index (χ4v) is 2.77. The van der Waals surface area contributed by atoms with Crippen LogP contribution in [-0.2, 0) is 9.53 Å². The van der Waals surface area contributed by atoms with Gasteiger partial charge in [-0.15, -0.1) is 0 Å². The third-order valence-electron chi connectivity index (χ3n) is 2.60. The minimum atomic E-state index is -0.168. The minimum absolute atomic E-state index is 0.168. The molecule has 0 heterocycles. The number of hydrogen-bond acceptors (Lipinski definition) is 4. The lowest BCUT2D eigenvalue weighted by molar-refractivity contribution is -0.140. The molecule has 0 aromatic heterocycles. The summed E-state index contributed by atoms with van der Waals surface area (Å²) in [6, 6.07) is 8.22. The van der Waals surface area contributed by atoms with Crippen LogP contribution in [0.3, 0.4) is 0 Å². The number of hydrogen-bond donors (Lipinski definition) is 1. The molecule has 0 radical (unpaired) electrons. The maximum atomic E-state index is 11.0. The maximum Gasteiger partial charge on any atom is 0.306 e. The van der Waals surface area contributed by atoms with E-state index >= 15 is 0 Å². The Hall–Kier alpha value is -1.00. The van der Waals surface area contributed by atoms with Crippen molar-refractivity contribution < 1.29 is 9.53 Å². The van der Waals surface area contributed by atoms with E-state index in [1.165, 1.54) is 18.2 Å². The van der Waals surface area contributed by atoms with E-state index in [0.29, 0.717) is 13.0 Å². The standard InChI is InChI=1S/C13H19NO2S/c1-10-5-3-4-6-11(10)12(9-14)17-8-7-13(15)16-2/h3-6,12H,7-9,14H2,1-2H3. The van der Waals surface area contributed by atoms with Gasteiger partial charge in [-0.25, -0.2) is 0 Å². The van der Waals surface area contributed by atoms with Crippen molar-refractivity contribution in [3.8, 4) is 0 Å². The zero-order valence-electron chi connectivity index (χ0n) is 10.3. The van der Waals surface area contributed by atoms with Crippen LogP contribution >= 0.6 is 11.8 Å². The van der Waals surface area contributed by atoms with E-state index in [0.717, 1.165) is 5.75 Å². The molecule has 0 aliphatic heterocycles. The van der Waals surface area contributed by atoms with Crippen LogP contribution in [0.15, 0.2) is 24.3 Å². The van der Waals surface area contributed by atoms with Gasteiger partial charge in [0, 0.05) is 17.5 Å². The van der Waals surface area contributed by atoms with Crippen molar-refractivity contribution in [3.05, 3.63) is 35.4 Å². The van der Waals surface area contributed by atoms with Gasteiger partial charge in [-0.1, -0.05) is 24.3 Å². The Kier molecular flexibility index (Phi) is 6.08. The molecule has 0 amide bonds. The lowest BCUT2D eigenvalue weighted by Crippen LogP contribution is -2.12. The normalized spacial score (nSPS) is 12.2. The number of methoxy groups -OCH3 is 1. The summed E-state index contributed by atoms with van der Waals surface area (Å²) in [4.78, 5) is 11.0. The number of aryl methyl sites for hydroxylation is 1. The van der Waals surface area contributed by atoms with E-state index < -0.39 is 0 Å². The molecule has 0 fully saturated rings. The summed E-state index contributed by atoms with van der Waals surface area (Å²) < 4.78 is 4.61. The lowest BCUT2D eigenvalue weighted by Gasteiger charge is -2.16. The van der Waals surface area contributed by atoms with Crippen molar-refractivity contribution >= 4 is 17.7 Å². The first kappa shape index (κ1) is 14.1. The van der Waals surface area contributed by atoms with Gasteiger partial charge in [0.1, 0.15) is 0 Å². The fourth-order valence-electron chi connectivity index (χ4n) is 1.62. The van der Waals surface area contributed by atoms with Gasteiger partial charge in [0.2, 0.25) is 0 Å². The molecular weight excluding hydrogens is 234 g/mol. The quantitative estimate of drug-likeness (QED) is 0.790. The third-order valence-corrected chi connectivity index (χ3v) is 3.89. The van der Waals surface area contributed by atoms with E-state index in [2.05, 4.69) is 23.8 Å². The van der Waals surface area contributed by atoms with Gasteiger partial charge < -0.3 is 10.5 Å². The van der Waals surface area contributed by atoms with Crippen LogP contribution < -0.4 is 5.73 Å². The van der Waals surface area contributed by atoms with Gasteiger partial charge in [-0.3, -0.25) is 4.79 Å². The summed E-state index contributed by atoms with van der Waals surface area (Å²) in [5.41, 5.74) is 8.28. The summed E-state index contributed by atoms with van der Waals surface area (Å²) in [5.74, 6) is 0.570. The first-order valence-corrected chi connectivity index (χ1v) is 6.68. The third kappa shape index (κ3) is 4.40. The summed E-state index contributed by atoms with van der Waals surface area (Å²) in [5, 5.41) is 0.251. The molecule has 1 aromatic rings. The van der Waals surface area contributed by atoms with Gasteiger partial charge in [0.15, 0.2) is 0 Å². The Labute approximate surface area is 107 Å². The highest BCUT2D eigenvalue weighted by atomic mass is 32.2. The maximum absolute atomic E-state index is 11.0. The molecule has 3 nitrogen and oxygen atoms in total. The highest BCUT2D eigenvalue weighted by Crippen LogP contribution is 2.30. The largest absolute Gasteiger partial charge is 0.469 e. The van der Waals surface area contributed by atoms with Crippen molar-refractivity contribution in [2.24, 2.45) is 5.73 Å². The van der Waals surface area contributed by atoms with Gasteiger partial charge in [-0.2, -0.15) is 11.8 Å². The van der Waals surface area contributed by atoms with Crippen LogP contribution in [0.5, 0.6) is 0 Å². The molecule has 4 heteroatoms. The average molecular weight is 253 g/mol. The molecule has 17 heavy (non-hydrogen) atoms. The molecule has 0 aliphatic rings. The second-order valence-electron chi connectivity index (χ2n) is 3.78. The van der Waals surface area contributed by atoms with Gasteiger partial charge >= 0.3 is 5.97 Å². The highest BCUT2D eigenvalue weighted by molar-refractivity contribution is 7.99. The Balaban J connectivity index is 2.55. The Bertz CT molecular complexity index is 368. The van der Waals surface area contributed by atoms with Crippen LogP contribution in [0.4, 0.5) is 0 Å². The molecule has 1 unspecified atom stereocenters. The minimum Gasteiger partial charge on any atom is -0.469 e. The summed E-state index contributed by atoms with van der Waals surface area (Å²) in [6.07, 6.45) is 0.434. The SMILES string of the molecule is COC(=O)CCSC(CN)c1ccccc1C. The second-order valence-corrected chi connectivity index (χ2v) is 5.09. The summed E-state index contributed by atoms with van der Waals surface area (Å²) in [7, 11) is 1.41. The molecule has 0 saturated carbocycles. The molecule has 2 N–H and O–H groups in total. The number of rotatable bonds is 6. The van der Waals surface area contributed by atoms with E-state index in [1.807, 2.05) is 12.1 Å². The van der Waals surface area contributed by atoms with E-state index in [4.69, 9.17) is 5.73 Å². The number of esters is 1. The number of carbonyl (C=O) groups is 1. The first-order chi connectivity index (χ1) is 8.19. The highest BCUT2D eigenvalue weighted by Gasteiger charge is 2.12. The van der Waals surface area contributed by atoms with E-state index in [-0.39, 0.29) is 11.2 Å². The topological polar surface area (TPSA) is 52.3 Å². The summed E-state index contributed by atoms with van der Waals surface area (Å²) >= 11 is 1.71. The number of carbonyl (C=O) groups excluding carboxylic acids is 1. The number of nitrogens with two attached hydrogens (primary N) is 1. The predicted octanol–water partition coefficient (Wildman–Crippen LogP) is 2.29. The van der Waals surface area contributed by atoms with Crippen LogP contribution in [0.1, 0.15) is 22.8 Å². The van der Waals surface area contributed by atoms with Gasteiger partial charge in [0.05, 0.1) is 13.5 Å². The van der Waals surface area contributed by atoms with Gasteiger partial charge in [0.25, 0.3) is 0 Å². The van der Waals surface area contributed by atoms with Crippen LogP contribution in [0.25, 0.3) is 0 Å².